The molecule has 0 spiro atoms. The predicted molar refractivity (Wildman–Crippen MR) is 106 cm³/mol. The van der Waals surface area contributed by atoms with Crippen LogP contribution in [0.5, 0.6) is 0 Å². The Labute approximate surface area is 168 Å². The van der Waals surface area contributed by atoms with Gasteiger partial charge in [0.1, 0.15) is 0 Å². The molecule has 0 heterocycles. The highest BCUT2D eigenvalue weighted by Crippen LogP contribution is 2.04. The number of carbonyl (C=O) groups excluding carboxylic acids is 3. The second-order valence-electron chi connectivity index (χ2n) is 5.57. The first-order chi connectivity index (χ1) is 14.1. The molecule has 0 aromatic heterocycles. The Hall–Kier alpha value is -3.93. The Bertz CT molecular complexity index is 856. The van der Waals surface area contributed by atoms with Gasteiger partial charge in [0.15, 0.2) is 0 Å². The summed E-state index contributed by atoms with van der Waals surface area (Å²) in [5, 5.41) is 0. The first-order valence-electron chi connectivity index (χ1n) is 8.69. The van der Waals surface area contributed by atoms with Crippen molar-refractivity contribution in [2.45, 2.75) is 0 Å². The highest BCUT2D eigenvalue weighted by Gasteiger charge is 2.09. The van der Waals surface area contributed by atoms with Crippen LogP contribution in [-0.4, -0.2) is 31.8 Å². The van der Waals surface area contributed by atoms with Gasteiger partial charge in [-0.25, -0.2) is 14.4 Å². The maximum atomic E-state index is 11.5. The van der Waals surface area contributed by atoms with Crippen molar-refractivity contribution < 1.29 is 28.6 Å². The smallest absolute Gasteiger partial charge is 0.340 e. The first-order valence-corrected chi connectivity index (χ1v) is 8.69. The molecular formula is C23H20O6. The number of hydrogen-bond acceptors (Lipinski definition) is 6. The topological polar surface area (TPSA) is 78.9 Å². The van der Waals surface area contributed by atoms with Crippen LogP contribution in [0, 0.1) is 0 Å². The monoisotopic (exact) mass is 392 g/mol. The lowest BCUT2D eigenvalue weighted by Gasteiger charge is -2.06. The molecule has 0 radical (unpaired) electrons. The van der Waals surface area contributed by atoms with Crippen molar-refractivity contribution in [3.63, 3.8) is 0 Å². The Balaban J connectivity index is 0.000000253. The van der Waals surface area contributed by atoms with E-state index < -0.39 is 18.7 Å². The fraction of sp³-hybridized carbons (Fsp3) is 0.0870. The molecule has 0 aliphatic rings. The molecule has 148 valence electrons. The van der Waals surface area contributed by atoms with Gasteiger partial charge >= 0.3 is 17.9 Å². The third-order valence-electron chi connectivity index (χ3n) is 3.59. The summed E-state index contributed by atoms with van der Waals surface area (Å²) < 4.78 is 14.2. The minimum absolute atomic E-state index is 0.291. The van der Waals surface area contributed by atoms with Crippen LogP contribution >= 0.6 is 0 Å². The Morgan fingerprint density at radius 3 is 1.17 bits per heavy atom. The third-order valence-corrected chi connectivity index (χ3v) is 3.59. The van der Waals surface area contributed by atoms with Gasteiger partial charge in [-0.2, -0.15) is 0 Å². The van der Waals surface area contributed by atoms with Crippen molar-refractivity contribution in [2.24, 2.45) is 0 Å². The SMILES string of the molecule is COC(=O)c1ccccc1.O=C(OCOC(=O)c1ccccc1)c1ccccc1. The highest BCUT2D eigenvalue weighted by atomic mass is 16.7. The predicted octanol–water partition coefficient (Wildman–Crippen LogP) is 4.13. The Kier molecular flexibility index (Phi) is 8.63. The zero-order valence-corrected chi connectivity index (χ0v) is 15.8. The fourth-order valence-electron chi connectivity index (χ4n) is 2.14. The molecule has 3 aromatic rings. The van der Waals surface area contributed by atoms with Crippen LogP contribution in [0.3, 0.4) is 0 Å². The molecule has 0 saturated carbocycles. The van der Waals surface area contributed by atoms with Crippen molar-refractivity contribution in [3.05, 3.63) is 108 Å². The second kappa shape index (κ2) is 11.7. The molecule has 6 heteroatoms. The summed E-state index contributed by atoms with van der Waals surface area (Å²) in [5.74, 6) is -1.34. The minimum atomic E-state index is -0.526. The summed E-state index contributed by atoms with van der Waals surface area (Å²) in [5.41, 5.74) is 1.42. The van der Waals surface area contributed by atoms with E-state index in [2.05, 4.69) is 4.74 Å². The largest absolute Gasteiger partial charge is 0.465 e. The van der Waals surface area contributed by atoms with Crippen LogP contribution in [0.15, 0.2) is 91.0 Å². The average molecular weight is 392 g/mol. The van der Waals surface area contributed by atoms with E-state index in [0.29, 0.717) is 16.7 Å². The van der Waals surface area contributed by atoms with E-state index in [1.165, 1.54) is 7.11 Å². The van der Waals surface area contributed by atoms with E-state index in [1.54, 1.807) is 84.9 Å². The number of carbonyl (C=O) groups is 3. The molecule has 0 fully saturated rings. The lowest BCUT2D eigenvalue weighted by molar-refractivity contribution is -0.0167. The summed E-state index contributed by atoms with van der Waals surface area (Å²) >= 11 is 0. The normalized spacial score (nSPS) is 9.41. The number of methoxy groups -OCH3 is 1. The van der Waals surface area contributed by atoms with Crippen LogP contribution in [0.25, 0.3) is 0 Å². The summed E-state index contributed by atoms with van der Waals surface area (Å²) in [6.07, 6.45) is 0. The van der Waals surface area contributed by atoms with Crippen LogP contribution in [-0.2, 0) is 14.2 Å². The average Bonchev–Trinajstić information content (AvgIpc) is 2.80. The fourth-order valence-corrected chi connectivity index (χ4v) is 2.14. The van der Waals surface area contributed by atoms with Gasteiger partial charge in [-0.05, 0) is 36.4 Å². The Morgan fingerprint density at radius 1 is 0.552 bits per heavy atom. The van der Waals surface area contributed by atoms with E-state index in [0.717, 1.165) is 0 Å². The van der Waals surface area contributed by atoms with Crippen molar-refractivity contribution in [1.29, 1.82) is 0 Å². The van der Waals surface area contributed by atoms with Crippen molar-refractivity contribution in [2.75, 3.05) is 13.9 Å². The van der Waals surface area contributed by atoms with Crippen LogP contribution in [0.2, 0.25) is 0 Å². The maximum absolute atomic E-state index is 11.5. The molecule has 0 amide bonds. The Morgan fingerprint density at radius 2 is 0.862 bits per heavy atom. The van der Waals surface area contributed by atoms with Crippen LogP contribution < -0.4 is 0 Å². The highest BCUT2D eigenvalue weighted by molar-refractivity contribution is 5.90. The van der Waals surface area contributed by atoms with Crippen molar-refractivity contribution in [3.8, 4) is 0 Å². The molecule has 3 aromatic carbocycles. The maximum Gasteiger partial charge on any atom is 0.340 e. The second-order valence-corrected chi connectivity index (χ2v) is 5.57. The van der Waals surface area contributed by atoms with E-state index in [9.17, 15) is 14.4 Å². The molecule has 3 rings (SSSR count). The lowest BCUT2D eigenvalue weighted by atomic mass is 10.2. The molecule has 0 N–H and O–H groups in total. The van der Waals surface area contributed by atoms with Gasteiger partial charge in [-0.1, -0.05) is 54.6 Å². The number of esters is 3. The zero-order chi connectivity index (χ0) is 20.9. The number of hydrogen-bond donors (Lipinski definition) is 0. The van der Waals surface area contributed by atoms with E-state index in [-0.39, 0.29) is 5.97 Å². The van der Waals surface area contributed by atoms with Crippen LogP contribution in [0.1, 0.15) is 31.1 Å². The standard InChI is InChI=1S/C15H12O4.C8H8O2/c16-14(12-7-3-1-4-8-12)18-11-19-15(17)13-9-5-2-6-10-13;1-10-8(9)7-5-3-2-4-6-7/h1-10H,11H2;2-6H,1H3. The molecule has 6 nitrogen and oxygen atoms in total. The van der Waals surface area contributed by atoms with Gasteiger partial charge < -0.3 is 14.2 Å². The van der Waals surface area contributed by atoms with Crippen molar-refractivity contribution in [1.82, 2.24) is 0 Å². The molecule has 29 heavy (non-hydrogen) atoms. The van der Waals surface area contributed by atoms with Crippen molar-refractivity contribution >= 4 is 17.9 Å². The number of benzene rings is 3. The van der Waals surface area contributed by atoms with Gasteiger partial charge in [0, 0.05) is 0 Å². The quantitative estimate of drug-likeness (QED) is 0.480. The van der Waals surface area contributed by atoms with E-state index in [4.69, 9.17) is 9.47 Å². The zero-order valence-electron chi connectivity index (χ0n) is 15.8. The molecule has 0 atom stereocenters. The summed E-state index contributed by atoms with van der Waals surface area (Å²) in [4.78, 5) is 33.9. The third kappa shape index (κ3) is 7.30. The summed E-state index contributed by atoms with van der Waals surface area (Å²) in [6.45, 7) is -0.401. The van der Waals surface area contributed by atoms with E-state index in [1.807, 2.05) is 6.07 Å². The molecule has 0 unspecified atom stereocenters. The van der Waals surface area contributed by atoms with E-state index >= 15 is 0 Å². The van der Waals surface area contributed by atoms with Gasteiger partial charge in [-0.15, -0.1) is 0 Å². The van der Waals surface area contributed by atoms with Gasteiger partial charge in [0.05, 0.1) is 23.8 Å². The molecule has 0 aliphatic carbocycles. The molecule has 0 bridgehead atoms. The summed E-state index contributed by atoms with van der Waals surface area (Å²) in [7, 11) is 1.37. The van der Waals surface area contributed by atoms with Gasteiger partial charge in [0.2, 0.25) is 6.79 Å². The van der Waals surface area contributed by atoms with Gasteiger partial charge in [-0.3, -0.25) is 0 Å². The first kappa shape index (κ1) is 21.4. The molecule has 0 saturated heterocycles. The number of rotatable bonds is 5. The molecular weight excluding hydrogens is 372 g/mol. The lowest BCUT2D eigenvalue weighted by Crippen LogP contribution is -2.13. The van der Waals surface area contributed by atoms with Crippen LogP contribution in [0.4, 0.5) is 0 Å². The summed E-state index contributed by atoms with van der Waals surface area (Å²) in [6, 6.07) is 25.9. The molecule has 0 aliphatic heterocycles. The minimum Gasteiger partial charge on any atom is -0.465 e. The van der Waals surface area contributed by atoms with Gasteiger partial charge in [0.25, 0.3) is 0 Å². The number of ether oxygens (including phenoxy) is 3.